The third-order valence-corrected chi connectivity index (χ3v) is 4.10. The lowest BCUT2D eigenvalue weighted by Gasteiger charge is -2.38. The second kappa shape index (κ2) is 8.03. The van der Waals surface area contributed by atoms with Gasteiger partial charge < -0.3 is 15.0 Å². The van der Waals surface area contributed by atoms with Gasteiger partial charge in [0.05, 0.1) is 18.3 Å². The summed E-state index contributed by atoms with van der Waals surface area (Å²) in [5, 5.41) is 2.90. The topological polar surface area (TPSA) is 44.8 Å². The fourth-order valence-corrected chi connectivity index (χ4v) is 2.83. The van der Waals surface area contributed by atoms with Crippen LogP contribution < -0.4 is 15.0 Å². The predicted octanol–water partition coefficient (Wildman–Crippen LogP) is 1.73. The van der Waals surface area contributed by atoms with Crippen molar-refractivity contribution in [1.82, 2.24) is 10.2 Å². The molecular weight excluding hydrogens is 278 g/mol. The summed E-state index contributed by atoms with van der Waals surface area (Å²) in [6, 6.07) is 8.10. The number of nitrogens with one attached hydrogen (secondary N) is 1. The molecule has 1 fully saturated rings. The van der Waals surface area contributed by atoms with E-state index in [-0.39, 0.29) is 11.9 Å². The summed E-state index contributed by atoms with van der Waals surface area (Å²) >= 11 is 0. The Labute approximate surface area is 133 Å². The number of anilines is 1. The lowest BCUT2D eigenvalue weighted by Crippen LogP contribution is -2.54. The molecular formula is C17H27N3O2. The van der Waals surface area contributed by atoms with Gasteiger partial charge in [-0.3, -0.25) is 9.69 Å². The third-order valence-electron chi connectivity index (χ3n) is 4.10. The van der Waals surface area contributed by atoms with Gasteiger partial charge in [-0.25, -0.2) is 0 Å². The average molecular weight is 305 g/mol. The number of carbonyl (C=O) groups excluding carboxylic acids is 1. The van der Waals surface area contributed by atoms with E-state index < -0.39 is 0 Å². The van der Waals surface area contributed by atoms with Crippen LogP contribution in [0.3, 0.4) is 0 Å². The number of para-hydroxylation sites is 2. The Hall–Kier alpha value is -1.75. The van der Waals surface area contributed by atoms with Crippen LogP contribution in [0.2, 0.25) is 0 Å². The predicted molar refractivity (Wildman–Crippen MR) is 89.5 cm³/mol. The molecule has 1 heterocycles. The number of benzene rings is 1. The first-order chi connectivity index (χ1) is 10.7. The van der Waals surface area contributed by atoms with E-state index in [2.05, 4.69) is 21.2 Å². The zero-order valence-corrected chi connectivity index (χ0v) is 13.8. The van der Waals surface area contributed by atoms with Gasteiger partial charge in [0.1, 0.15) is 5.75 Å². The number of nitrogens with zero attached hydrogens (tertiary/aromatic N) is 2. The maximum Gasteiger partial charge on any atom is 0.237 e. The molecule has 0 aliphatic carbocycles. The molecule has 1 N–H and O–H groups in total. The molecule has 0 aromatic heterocycles. The van der Waals surface area contributed by atoms with Crippen molar-refractivity contribution in [3.05, 3.63) is 24.3 Å². The van der Waals surface area contributed by atoms with Crippen LogP contribution >= 0.6 is 0 Å². The smallest absolute Gasteiger partial charge is 0.237 e. The number of hydrogen-bond donors (Lipinski definition) is 1. The van der Waals surface area contributed by atoms with Crippen molar-refractivity contribution in [2.24, 2.45) is 0 Å². The molecule has 0 saturated carbocycles. The summed E-state index contributed by atoms with van der Waals surface area (Å²) in [4.78, 5) is 16.5. The molecule has 5 nitrogen and oxygen atoms in total. The summed E-state index contributed by atoms with van der Waals surface area (Å²) < 4.78 is 5.72. The molecule has 1 aromatic carbocycles. The van der Waals surface area contributed by atoms with Crippen LogP contribution in [0.1, 0.15) is 20.8 Å². The molecule has 1 aliphatic rings. The Morgan fingerprint density at radius 3 is 2.55 bits per heavy atom. The number of hydrogen-bond acceptors (Lipinski definition) is 4. The second-order valence-corrected chi connectivity index (χ2v) is 5.49. The lowest BCUT2D eigenvalue weighted by molar-refractivity contribution is -0.125. The second-order valence-electron chi connectivity index (χ2n) is 5.49. The van der Waals surface area contributed by atoms with Gasteiger partial charge in [-0.15, -0.1) is 0 Å². The number of rotatable bonds is 6. The summed E-state index contributed by atoms with van der Waals surface area (Å²) in [7, 11) is 0. The highest BCUT2D eigenvalue weighted by Gasteiger charge is 2.26. The summed E-state index contributed by atoms with van der Waals surface area (Å²) in [6.45, 7) is 10.9. The normalized spacial score (nSPS) is 17.1. The molecule has 2 rings (SSSR count). The van der Waals surface area contributed by atoms with Crippen LogP contribution in [0, 0.1) is 0 Å². The molecule has 122 valence electrons. The third kappa shape index (κ3) is 3.91. The van der Waals surface area contributed by atoms with Crippen LogP contribution in [0.5, 0.6) is 5.75 Å². The monoisotopic (exact) mass is 305 g/mol. The number of likely N-dealkylation sites (N-methyl/N-ethyl adjacent to an activating group) is 1. The Morgan fingerprint density at radius 1 is 1.23 bits per heavy atom. The van der Waals surface area contributed by atoms with Crippen molar-refractivity contribution in [3.8, 4) is 5.75 Å². The highest BCUT2D eigenvalue weighted by molar-refractivity contribution is 5.81. The van der Waals surface area contributed by atoms with Crippen LogP contribution in [-0.4, -0.2) is 56.2 Å². The molecule has 0 bridgehead atoms. The quantitative estimate of drug-likeness (QED) is 0.869. The van der Waals surface area contributed by atoms with Crippen molar-refractivity contribution < 1.29 is 9.53 Å². The molecule has 1 saturated heterocycles. The first-order valence-electron chi connectivity index (χ1n) is 8.15. The van der Waals surface area contributed by atoms with Gasteiger partial charge >= 0.3 is 0 Å². The highest BCUT2D eigenvalue weighted by Crippen LogP contribution is 2.28. The van der Waals surface area contributed by atoms with Crippen molar-refractivity contribution >= 4 is 11.6 Å². The molecule has 22 heavy (non-hydrogen) atoms. The van der Waals surface area contributed by atoms with Gasteiger partial charge in [-0.05, 0) is 32.9 Å². The van der Waals surface area contributed by atoms with E-state index in [0.717, 1.165) is 37.6 Å². The fraction of sp³-hybridized carbons (Fsp3) is 0.588. The molecule has 1 aliphatic heterocycles. The number of carbonyl (C=O) groups is 1. The van der Waals surface area contributed by atoms with Crippen LogP contribution in [-0.2, 0) is 4.79 Å². The zero-order valence-electron chi connectivity index (χ0n) is 13.8. The first-order valence-corrected chi connectivity index (χ1v) is 8.15. The van der Waals surface area contributed by atoms with Crippen molar-refractivity contribution in [1.29, 1.82) is 0 Å². The lowest BCUT2D eigenvalue weighted by atomic mass is 10.2. The molecule has 1 atom stereocenters. The molecule has 0 spiro atoms. The molecule has 5 heteroatoms. The summed E-state index contributed by atoms with van der Waals surface area (Å²) in [5.41, 5.74) is 1.15. The van der Waals surface area contributed by atoms with Gasteiger partial charge in [0, 0.05) is 32.7 Å². The molecule has 1 aromatic rings. The van der Waals surface area contributed by atoms with E-state index >= 15 is 0 Å². The Balaban J connectivity index is 1.96. The van der Waals surface area contributed by atoms with Gasteiger partial charge in [0.25, 0.3) is 0 Å². The van der Waals surface area contributed by atoms with Gasteiger partial charge in [0.2, 0.25) is 5.91 Å². The van der Waals surface area contributed by atoms with E-state index in [1.807, 2.05) is 39.0 Å². The highest BCUT2D eigenvalue weighted by atomic mass is 16.5. The summed E-state index contributed by atoms with van der Waals surface area (Å²) in [5.74, 6) is 1.06. The largest absolute Gasteiger partial charge is 0.492 e. The Morgan fingerprint density at radius 2 is 1.91 bits per heavy atom. The maximum atomic E-state index is 11.9. The molecule has 0 radical (unpaired) electrons. The number of ether oxygens (including phenoxy) is 1. The fourth-order valence-electron chi connectivity index (χ4n) is 2.83. The standard InChI is InChI=1S/C17H27N3O2/c1-4-18-17(21)14(3)19-10-12-20(13-11-19)15-8-6-7-9-16(15)22-5-2/h6-9,14H,4-5,10-13H2,1-3H3,(H,18,21)/t14-/m1/s1. The molecule has 0 unspecified atom stereocenters. The minimum absolute atomic E-state index is 0.0655. The van der Waals surface area contributed by atoms with E-state index in [9.17, 15) is 4.79 Å². The zero-order chi connectivity index (χ0) is 15.9. The Bertz CT molecular complexity index is 485. The van der Waals surface area contributed by atoms with Gasteiger partial charge in [-0.1, -0.05) is 12.1 Å². The van der Waals surface area contributed by atoms with E-state index in [4.69, 9.17) is 4.74 Å². The van der Waals surface area contributed by atoms with Crippen LogP contribution in [0.15, 0.2) is 24.3 Å². The van der Waals surface area contributed by atoms with E-state index in [1.165, 1.54) is 0 Å². The van der Waals surface area contributed by atoms with E-state index in [0.29, 0.717) is 13.2 Å². The minimum atomic E-state index is -0.0655. The van der Waals surface area contributed by atoms with Crippen molar-refractivity contribution in [2.45, 2.75) is 26.8 Å². The van der Waals surface area contributed by atoms with Crippen LogP contribution in [0.25, 0.3) is 0 Å². The minimum Gasteiger partial charge on any atom is -0.492 e. The molecule has 1 amide bonds. The average Bonchev–Trinajstić information content (AvgIpc) is 2.55. The number of piperazine rings is 1. The van der Waals surface area contributed by atoms with Crippen molar-refractivity contribution in [3.63, 3.8) is 0 Å². The summed E-state index contributed by atoms with van der Waals surface area (Å²) in [6.07, 6.45) is 0. The van der Waals surface area contributed by atoms with Crippen molar-refractivity contribution in [2.75, 3.05) is 44.2 Å². The van der Waals surface area contributed by atoms with Gasteiger partial charge in [0.15, 0.2) is 0 Å². The van der Waals surface area contributed by atoms with E-state index in [1.54, 1.807) is 0 Å². The van der Waals surface area contributed by atoms with Crippen LogP contribution in [0.4, 0.5) is 5.69 Å². The first kappa shape index (κ1) is 16.6. The maximum absolute atomic E-state index is 11.9. The number of amides is 1. The SMILES string of the molecule is CCNC(=O)[C@@H](C)N1CCN(c2ccccc2OCC)CC1. The van der Waals surface area contributed by atoms with Gasteiger partial charge in [-0.2, -0.15) is 0 Å². The Kier molecular flexibility index (Phi) is 6.07.